The number of carbonyl (C=O) groups excluding carboxylic acids is 1. The molecule has 0 N–H and O–H groups in total. The number of rotatable bonds is 1. The number of ketones is 1. The summed E-state index contributed by atoms with van der Waals surface area (Å²) in [6.45, 7) is 9.43. The van der Waals surface area contributed by atoms with Crippen molar-refractivity contribution in [1.82, 2.24) is 0 Å². The van der Waals surface area contributed by atoms with Gasteiger partial charge >= 0.3 is 0 Å². The molecule has 0 aliphatic rings. The van der Waals surface area contributed by atoms with Crippen molar-refractivity contribution < 1.29 is 4.79 Å². The number of Topliss-reactive ketones (excluding diaryl/α,β-unsaturated/α-hetero) is 1. The molecule has 2 heteroatoms. The van der Waals surface area contributed by atoms with E-state index in [9.17, 15) is 4.79 Å². The molecule has 0 amide bonds. The van der Waals surface area contributed by atoms with Crippen molar-refractivity contribution in [2.75, 3.05) is 0 Å². The molecule has 0 radical (unpaired) electrons. The highest BCUT2D eigenvalue weighted by Crippen LogP contribution is 1.71. The van der Waals surface area contributed by atoms with Gasteiger partial charge in [-0.15, -0.1) is 25.6 Å². The Morgan fingerprint density at radius 3 is 1.62 bits per heavy atom. The maximum absolute atomic E-state index is 9.81. The fraction of sp³-hybridized carbons (Fsp3) is 0.500. The summed E-state index contributed by atoms with van der Waals surface area (Å²) in [6, 6.07) is 0. The van der Waals surface area contributed by atoms with Crippen LogP contribution in [0.15, 0.2) is 13.2 Å². The summed E-state index contributed by atoms with van der Waals surface area (Å²) in [4.78, 5) is 9.81. The predicted molar refractivity (Wildman–Crippen MR) is 39.5 cm³/mol. The van der Waals surface area contributed by atoms with E-state index in [1.165, 1.54) is 0 Å². The monoisotopic (exact) mass is 136 g/mol. The fourth-order valence-corrected chi connectivity index (χ4v) is 0. The first-order valence-corrected chi connectivity index (χ1v) is 2.26. The summed E-state index contributed by atoms with van der Waals surface area (Å²) in [5.74, 6) is 0.255. The largest absolute Gasteiger partial charge is 0.300 e. The van der Waals surface area contributed by atoms with Crippen molar-refractivity contribution in [3.63, 3.8) is 0 Å². The van der Waals surface area contributed by atoms with Crippen molar-refractivity contribution in [2.45, 2.75) is 20.3 Å². The zero-order valence-corrected chi connectivity index (χ0v) is 6.25. The van der Waals surface area contributed by atoms with Crippen LogP contribution in [-0.2, 0) is 4.79 Å². The average molecular weight is 137 g/mol. The fourth-order valence-electron chi connectivity index (χ4n) is 0. The molecule has 0 aromatic rings. The van der Waals surface area contributed by atoms with E-state index >= 15 is 0 Å². The molecule has 0 rings (SSSR count). The molecule has 0 saturated carbocycles. The minimum atomic E-state index is 0. The zero-order valence-electron chi connectivity index (χ0n) is 5.44. The molecule has 0 saturated heterocycles. The van der Waals surface area contributed by atoms with Crippen LogP contribution in [0.1, 0.15) is 20.3 Å². The molecule has 0 fully saturated rings. The lowest BCUT2D eigenvalue weighted by atomic mass is 10.4. The third kappa shape index (κ3) is 43.6. The summed E-state index contributed by atoms with van der Waals surface area (Å²) < 4.78 is 0. The predicted octanol–water partition coefficient (Wildman–Crippen LogP) is 2.21. The van der Waals surface area contributed by atoms with Gasteiger partial charge in [0.05, 0.1) is 0 Å². The third-order valence-corrected chi connectivity index (χ3v) is 0.498. The van der Waals surface area contributed by atoms with E-state index < -0.39 is 0 Å². The van der Waals surface area contributed by atoms with Crippen LogP contribution in [0.5, 0.6) is 0 Å². The summed E-state index contributed by atoms with van der Waals surface area (Å²) in [5, 5.41) is 0. The number of hydrogen-bond acceptors (Lipinski definition) is 1. The lowest BCUT2D eigenvalue weighted by Crippen LogP contribution is -1.80. The van der Waals surface area contributed by atoms with Gasteiger partial charge in [-0.1, -0.05) is 6.92 Å². The Kier molecular flexibility index (Phi) is 31.1. The molecule has 0 aromatic carbocycles. The SMILES string of the molecule is C=C.CCC(C)=O.Cl. The molecular formula is C6H13ClO. The second-order valence-electron chi connectivity index (χ2n) is 1.06. The number of halogens is 1. The normalized spacial score (nSPS) is 5.25. The van der Waals surface area contributed by atoms with Crippen molar-refractivity contribution in [1.29, 1.82) is 0 Å². The Morgan fingerprint density at radius 2 is 1.62 bits per heavy atom. The molecule has 8 heavy (non-hydrogen) atoms. The van der Waals surface area contributed by atoms with Gasteiger partial charge in [-0.05, 0) is 6.92 Å². The molecule has 0 atom stereocenters. The Labute approximate surface area is 57.2 Å². The lowest BCUT2D eigenvalue weighted by molar-refractivity contribution is -0.116. The van der Waals surface area contributed by atoms with Gasteiger partial charge in [0.1, 0.15) is 5.78 Å². The Balaban J connectivity index is -0.0000000750. The van der Waals surface area contributed by atoms with Crippen LogP contribution < -0.4 is 0 Å². The van der Waals surface area contributed by atoms with E-state index in [-0.39, 0.29) is 18.2 Å². The standard InChI is InChI=1S/C4H8O.C2H4.ClH/c1-3-4(2)5;1-2;/h3H2,1-2H3;1-2H2;1H. The molecule has 0 heterocycles. The highest BCUT2D eigenvalue weighted by molar-refractivity contribution is 5.85. The van der Waals surface area contributed by atoms with Gasteiger partial charge in [0.15, 0.2) is 0 Å². The number of hydrogen-bond donors (Lipinski definition) is 0. The van der Waals surface area contributed by atoms with Crippen molar-refractivity contribution >= 4 is 18.2 Å². The highest BCUT2D eigenvalue weighted by Gasteiger charge is 1.76. The van der Waals surface area contributed by atoms with Gasteiger partial charge in [0.2, 0.25) is 0 Å². The zero-order chi connectivity index (χ0) is 6.28. The first-order chi connectivity index (χ1) is 3.27. The number of carbonyl (C=O) groups is 1. The molecule has 0 aliphatic heterocycles. The first kappa shape index (κ1) is 15.6. The summed E-state index contributed by atoms with van der Waals surface area (Å²) >= 11 is 0. The van der Waals surface area contributed by atoms with Crippen LogP contribution in [0, 0.1) is 0 Å². The van der Waals surface area contributed by atoms with Crippen LogP contribution in [0.25, 0.3) is 0 Å². The minimum absolute atomic E-state index is 0. The van der Waals surface area contributed by atoms with Crippen LogP contribution in [0.3, 0.4) is 0 Å². The summed E-state index contributed by atoms with van der Waals surface area (Å²) in [6.07, 6.45) is 0.667. The third-order valence-electron chi connectivity index (χ3n) is 0.498. The van der Waals surface area contributed by atoms with Crippen molar-refractivity contribution in [2.24, 2.45) is 0 Å². The first-order valence-electron chi connectivity index (χ1n) is 2.26. The molecule has 1 nitrogen and oxygen atoms in total. The molecule has 0 aromatic heterocycles. The van der Waals surface area contributed by atoms with Crippen molar-refractivity contribution in [3.05, 3.63) is 13.2 Å². The van der Waals surface area contributed by atoms with Gasteiger partial charge in [0.25, 0.3) is 0 Å². The topological polar surface area (TPSA) is 17.1 Å². The lowest BCUT2D eigenvalue weighted by Gasteiger charge is -1.71. The molecular weight excluding hydrogens is 124 g/mol. The summed E-state index contributed by atoms with van der Waals surface area (Å²) in [7, 11) is 0. The van der Waals surface area contributed by atoms with Crippen LogP contribution in [0.4, 0.5) is 0 Å². The average Bonchev–Trinajstić information content (AvgIpc) is 1.73. The Bertz CT molecular complexity index is 52.5. The van der Waals surface area contributed by atoms with Crippen molar-refractivity contribution in [3.8, 4) is 0 Å². The van der Waals surface area contributed by atoms with Gasteiger partial charge in [-0.25, -0.2) is 0 Å². The Hall–Kier alpha value is -0.300. The van der Waals surface area contributed by atoms with Crippen LogP contribution in [-0.4, -0.2) is 5.78 Å². The maximum Gasteiger partial charge on any atom is 0.129 e. The second-order valence-corrected chi connectivity index (χ2v) is 1.06. The van der Waals surface area contributed by atoms with Gasteiger partial charge in [-0.3, -0.25) is 0 Å². The quantitative estimate of drug-likeness (QED) is 0.506. The van der Waals surface area contributed by atoms with E-state index in [0.29, 0.717) is 6.42 Å². The molecule has 0 spiro atoms. The highest BCUT2D eigenvalue weighted by atomic mass is 35.5. The van der Waals surface area contributed by atoms with Gasteiger partial charge in [-0.2, -0.15) is 0 Å². The second kappa shape index (κ2) is 15.9. The van der Waals surface area contributed by atoms with Gasteiger partial charge in [0, 0.05) is 6.42 Å². The van der Waals surface area contributed by atoms with E-state index in [1.54, 1.807) is 6.92 Å². The summed E-state index contributed by atoms with van der Waals surface area (Å²) in [5.41, 5.74) is 0. The van der Waals surface area contributed by atoms with E-state index in [4.69, 9.17) is 0 Å². The van der Waals surface area contributed by atoms with E-state index in [1.807, 2.05) is 6.92 Å². The minimum Gasteiger partial charge on any atom is -0.300 e. The van der Waals surface area contributed by atoms with Gasteiger partial charge < -0.3 is 4.79 Å². The van der Waals surface area contributed by atoms with E-state index in [2.05, 4.69) is 13.2 Å². The van der Waals surface area contributed by atoms with E-state index in [0.717, 1.165) is 0 Å². The molecule has 0 unspecified atom stereocenters. The molecule has 50 valence electrons. The van der Waals surface area contributed by atoms with Crippen LogP contribution >= 0.6 is 12.4 Å². The maximum atomic E-state index is 9.81. The smallest absolute Gasteiger partial charge is 0.129 e. The van der Waals surface area contributed by atoms with Crippen LogP contribution in [0.2, 0.25) is 0 Å². The Morgan fingerprint density at radius 1 is 1.50 bits per heavy atom. The molecule has 0 aliphatic carbocycles. The molecule has 0 bridgehead atoms.